The molecule has 0 unspecified atom stereocenters. The first-order valence-electron chi connectivity index (χ1n) is 10.8. The topological polar surface area (TPSA) is 140 Å². The largest absolute Gasteiger partial charge is 0.372 e. The fraction of sp³-hybridized carbons (Fsp3) is 0.364. The minimum atomic E-state index is -1.64. The molecule has 3 aromatic rings. The highest BCUT2D eigenvalue weighted by Crippen LogP contribution is 2.50. The summed E-state index contributed by atoms with van der Waals surface area (Å²) in [5, 5.41) is 8.99. The molecule has 2 N–H and O–H groups in total. The van der Waals surface area contributed by atoms with Crippen LogP contribution in [0.15, 0.2) is 29.0 Å². The molecule has 12 heteroatoms. The maximum atomic E-state index is 13.3. The van der Waals surface area contributed by atoms with Gasteiger partial charge in [-0.2, -0.15) is 0 Å². The summed E-state index contributed by atoms with van der Waals surface area (Å²) < 4.78 is 11.6. The summed E-state index contributed by atoms with van der Waals surface area (Å²) in [5.74, 6) is -1.38. The fourth-order valence-electron chi connectivity index (χ4n) is 5.46. The Morgan fingerprint density at radius 2 is 1.85 bits per heavy atom. The van der Waals surface area contributed by atoms with E-state index >= 15 is 0 Å². The molecule has 3 aliphatic heterocycles. The summed E-state index contributed by atoms with van der Waals surface area (Å²) in [5.41, 5.74) is 1.28. The summed E-state index contributed by atoms with van der Waals surface area (Å²) in [6.07, 6.45) is 2.45. The molecular weight excluding hydrogens is 464 g/mol. The van der Waals surface area contributed by atoms with Crippen molar-refractivity contribution in [1.82, 2.24) is 25.8 Å². The van der Waals surface area contributed by atoms with Gasteiger partial charge >= 0.3 is 6.03 Å². The van der Waals surface area contributed by atoms with Crippen molar-refractivity contribution in [2.24, 2.45) is 5.41 Å². The Balaban J connectivity index is 1.61. The number of pyridine rings is 2. The molecule has 0 saturated carbocycles. The minimum Gasteiger partial charge on any atom is -0.372 e. The first-order valence-corrected chi connectivity index (χ1v) is 11.2. The van der Waals surface area contributed by atoms with Crippen molar-refractivity contribution < 1.29 is 23.6 Å². The van der Waals surface area contributed by atoms with Gasteiger partial charge in [0.25, 0.3) is 0 Å². The number of nitrogens with zero attached hydrogens (tertiary/aromatic N) is 4. The normalized spacial score (nSPS) is 25.7. The zero-order chi connectivity index (χ0) is 23.8. The van der Waals surface area contributed by atoms with Crippen LogP contribution in [-0.4, -0.2) is 57.8 Å². The minimum absolute atomic E-state index is 0.0762. The fourth-order valence-corrected chi connectivity index (χ4v) is 5.80. The van der Waals surface area contributed by atoms with Crippen LogP contribution in [0.2, 0.25) is 5.02 Å². The smallest absolute Gasteiger partial charge is 0.328 e. The first-order chi connectivity index (χ1) is 16.3. The number of fused-ring (bicyclic) bond motifs is 5. The maximum absolute atomic E-state index is 13.3. The number of anilines is 1. The number of urea groups is 1. The molecule has 0 radical (unpaired) electrons. The van der Waals surface area contributed by atoms with E-state index in [0.29, 0.717) is 39.7 Å². The van der Waals surface area contributed by atoms with Crippen LogP contribution in [0.25, 0.3) is 22.4 Å². The lowest BCUT2D eigenvalue weighted by atomic mass is 9.67. The quantitative estimate of drug-likeness (QED) is 0.497. The molecule has 4 amide bonds. The molecule has 3 aliphatic rings. The number of carbonyl (C=O) groups is 3. The molecule has 11 nitrogen and oxygen atoms in total. The average Bonchev–Trinajstić information content (AvgIpc) is 3.21. The predicted molar refractivity (Wildman–Crippen MR) is 119 cm³/mol. The van der Waals surface area contributed by atoms with Crippen LogP contribution < -0.4 is 15.5 Å². The van der Waals surface area contributed by atoms with Crippen molar-refractivity contribution in [2.75, 3.05) is 11.4 Å². The summed E-state index contributed by atoms with van der Waals surface area (Å²) in [4.78, 5) is 49.2. The van der Waals surface area contributed by atoms with E-state index in [1.807, 2.05) is 11.8 Å². The van der Waals surface area contributed by atoms with E-state index in [1.54, 1.807) is 31.5 Å². The van der Waals surface area contributed by atoms with Crippen molar-refractivity contribution in [3.05, 3.63) is 35.2 Å². The van der Waals surface area contributed by atoms with Crippen LogP contribution in [0.3, 0.4) is 0 Å². The highest BCUT2D eigenvalue weighted by Gasteiger charge is 2.63. The molecule has 6 heterocycles. The van der Waals surface area contributed by atoms with Gasteiger partial charge < -0.3 is 14.2 Å². The lowest BCUT2D eigenvalue weighted by molar-refractivity contribution is -0.153. The molecule has 0 aliphatic carbocycles. The standard InChI is InChI=1S/C22H19ClN6O5/c1-9-8-29-16-12(7-22(18(29)10(2)33-9)19(30)26-21(32)27-20(22)31)25-15-14(11-3-5-24-6-4-11)28-34-17(15)13(16)23/h3-6,9-10,18H,7-8H2,1-2H3,(H2,26,27,30,31,32)/t9-,10+,18-/m0/s1. The third kappa shape index (κ3) is 2.74. The maximum Gasteiger partial charge on any atom is 0.328 e. The highest BCUT2D eigenvalue weighted by atomic mass is 35.5. The summed E-state index contributed by atoms with van der Waals surface area (Å²) in [7, 11) is 0. The molecule has 2 fully saturated rings. The Hall–Kier alpha value is -3.57. The van der Waals surface area contributed by atoms with Gasteiger partial charge in [-0.25, -0.2) is 9.78 Å². The van der Waals surface area contributed by atoms with Crippen molar-refractivity contribution in [3.63, 3.8) is 0 Å². The molecule has 3 aromatic heterocycles. The van der Waals surface area contributed by atoms with Crippen molar-refractivity contribution >= 4 is 46.2 Å². The molecule has 6 rings (SSSR count). The van der Waals surface area contributed by atoms with E-state index in [0.717, 1.165) is 5.56 Å². The van der Waals surface area contributed by atoms with Gasteiger partial charge in [0.05, 0.1) is 29.6 Å². The van der Waals surface area contributed by atoms with Gasteiger partial charge in [0.2, 0.25) is 17.4 Å². The molecule has 174 valence electrons. The van der Waals surface area contributed by atoms with Crippen LogP contribution in [0.4, 0.5) is 10.5 Å². The van der Waals surface area contributed by atoms with Gasteiger partial charge in [0.1, 0.15) is 16.2 Å². The summed E-state index contributed by atoms with van der Waals surface area (Å²) >= 11 is 6.88. The molecular formula is C22H19ClN6O5. The molecule has 0 bridgehead atoms. The number of hydrogen-bond donors (Lipinski definition) is 2. The van der Waals surface area contributed by atoms with Crippen molar-refractivity contribution in [3.8, 4) is 11.3 Å². The zero-order valence-electron chi connectivity index (χ0n) is 18.2. The van der Waals surface area contributed by atoms with Gasteiger partial charge in [-0.05, 0) is 26.0 Å². The van der Waals surface area contributed by atoms with Gasteiger partial charge in [0.15, 0.2) is 5.41 Å². The molecule has 1 spiro atoms. The third-order valence-electron chi connectivity index (χ3n) is 6.73. The number of ether oxygens (including phenoxy) is 1. The zero-order valence-corrected chi connectivity index (χ0v) is 18.9. The van der Waals surface area contributed by atoms with Crippen LogP contribution in [0.1, 0.15) is 19.5 Å². The first kappa shape index (κ1) is 21.0. The second kappa shape index (κ2) is 7.21. The van der Waals surface area contributed by atoms with E-state index in [1.165, 1.54) is 0 Å². The number of carbonyl (C=O) groups excluding carboxylic acids is 3. The number of hydrogen-bond acceptors (Lipinski definition) is 9. The Morgan fingerprint density at radius 1 is 1.15 bits per heavy atom. The summed E-state index contributed by atoms with van der Waals surface area (Å²) in [6, 6.07) is 1.96. The number of rotatable bonds is 1. The number of halogens is 1. The summed E-state index contributed by atoms with van der Waals surface area (Å²) in [6.45, 7) is 4.05. The molecule has 2 saturated heterocycles. The lowest BCUT2D eigenvalue weighted by Gasteiger charge is -2.55. The Bertz CT molecular complexity index is 1360. The van der Waals surface area contributed by atoms with Gasteiger partial charge in [-0.1, -0.05) is 16.8 Å². The van der Waals surface area contributed by atoms with Crippen LogP contribution >= 0.6 is 11.6 Å². The average molecular weight is 483 g/mol. The van der Waals surface area contributed by atoms with Crippen molar-refractivity contribution in [2.45, 2.75) is 38.5 Å². The van der Waals surface area contributed by atoms with Crippen LogP contribution in [0, 0.1) is 5.41 Å². The number of nitrogens with one attached hydrogen (secondary N) is 2. The van der Waals surface area contributed by atoms with Gasteiger partial charge in [-0.3, -0.25) is 25.2 Å². The SMILES string of the molecule is C[C@H]1CN2c3c(nc4c(-c5ccncc5)noc4c3Cl)CC3(C(=O)NC(=O)NC3=O)[C@@H]2[C@@H](C)O1. The third-order valence-corrected chi connectivity index (χ3v) is 7.08. The second-order valence-corrected chi connectivity index (χ2v) is 9.18. The number of imide groups is 2. The molecule has 3 atom stereocenters. The molecule has 0 aromatic carbocycles. The van der Waals surface area contributed by atoms with Crippen LogP contribution in [-0.2, 0) is 20.7 Å². The van der Waals surface area contributed by atoms with E-state index < -0.39 is 35.4 Å². The van der Waals surface area contributed by atoms with E-state index in [4.69, 9.17) is 25.8 Å². The second-order valence-electron chi connectivity index (χ2n) is 8.80. The van der Waals surface area contributed by atoms with E-state index in [9.17, 15) is 14.4 Å². The highest BCUT2D eigenvalue weighted by molar-refractivity contribution is 6.38. The number of barbiturate groups is 1. The van der Waals surface area contributed by atoms with Crippen molar-refractivity contribution in [1.29, 1.82) is 0 Å². The predicted octanol–water partition coefficient (Wildman–Crippen LogP) is 1.83. The van der Waals surface area contributed by atoms with E-state index in [-0.39, 0.29) is 12.5 Å². The Kier molecular flexibility index (Phi) is 4.45. The van der Waals surface area contributed by atoms with E-state index in [2.05, 4.69) is 20.8 Å². The van der Waals surface area contributed by atoms with Gasteiger partial charge in [-0.15, -0.1) is 0 Å². The number of morpholine rings is 1. The Labute approximate surface area is 197 Å². The molecule has 34 heavy (non-hydrogen) atoms. The van der Waals surface area contributed by atoms with Crippen LogP contribution in [0.5, 0.6) is 0 Å². The number of amides is 4. The lowest BCUT2D eigenvalue weighted by Crippen LogP contribution is -2.75. The Morgan fingerprint density at radius 3 is 2.56 bits per heavy atom. The number of aromatic nitrogens is 3. The monoisotopic (exact) mass is 482 g/mol. The van der Waals surface area contributed by atoms with Gasteiger partial charge in [0, 0.05) is 30.9 Å².